The van der Waals surface area contributed by atoms with Crippen molar-refractivity contribution in [3.8, 4) is 0 Å². The smallest absolute Gasteiger partial charge is 0.231 e. The molecule has 1 aliphatic carbocycles. The maximum absolute atomic E-state index is 12.6. The Morgan fingerprint density at radius 3 is 2.62 bits per heavy atom. The van der Waals surface area contributed by atoms with Crippen LogP contribution in [-0.2, 0) is 10.2 Å². The third kappa shape index (κ3) is 4.44. The van der Waals surface area contributed by atoms with Crippen molar-refractivity contribution in [2.75, 3.05) is 6.54 Å². The fourth-order valence-electron chi connectivity index (χ4n) is 3.00. The molecule has 0 aliphatic heterocycles. The van der Waals surface area contributed by atoms with Crippen LogP contribution < -0.4 is 11.1 Å². The molecule has 1 heterocycles. The number of hydrogen-bond acceptors (Lipinski definition) is 3. The summed E-state index contributed by atoms with van der Waals surface area (Å²) < 4.78 is 0. The van der Waals surface area contributed by atoms with Crippen LogP contribution >= 0.6 is 23.7 Å². The number of carbonyl (C=O) groups is 1. The molecule has 3 nitrogen and oxygen atoms in total. The Kier molecular flexibility index (Phi) is 7.17. The third-order valence-electron chi connectivity index (χ3n) is 4.49. The van der Waals surface area contributed by atoms with Gasteiger partial charge in [0.2, 0.25) is 5.91 Å². The monoisotopic (exact) mass is 330 g/mol. The van der Waals surface area contributed by atoms with Crippen molar-refractivity contribution in [3.63, 3.8) is 0 Å². The SMILES string of the molecule is CC(C)(C(=O)NC(CN)C1CCCCC1)c1cccs1.Cl. The van der Waals surface area contributed by atoms with E-state index in [2.05, 4.69) is 5.32 Å². The van der Waals surface area contributed by atoms with Crippen LogP contribution in [-0.4, -0.2) is 18.5 Å². The normalized spacial score (nSPS) is 17.9. The lowest BCUT2D eigenvalue weighted by Crippen LogP contribution is -2.51. The van der Waals surface area contributed by atoms with Gasteiger partial charge >= 0.3 is 0 Å². The number of halogens is 1. The fourth-order valence-corrected chi connectivity index (χ4v) is 3.85. The first-order valence-corrected chi connectivity index (χ1v) is 8.48. The van der Waals surface area contributed by atoms with Crippen molar-refractivity contribution in [2.45, 2.75) is 57.4 Å². The number of hydrogen-bond donors (Lipinski definition) is 2. The predicted octanol–water partition coefficient (Wildman–Crippen LogP) is 3.47. The topological polar surface area (TPSA) is 55.1 Å². The molecule has 1 amide bonds. The molecule has 3 N–H and O–H groups in total. The van der Waals surface area contributed by atoms with Crippen LogP contribution in [0, 0.1) is 5.92 Å². The van der Waals surface area contributed by atoms with Crippen molar-refractivity contribution < 1.29 is 4.79 Å². The molecule has 1 aliphatic rings. The van der Waals surface area contributed by atoms with E-state index in [1.165, 1.54) is 32.1 Å². The maximum Gasteiger partial charge on any atom is 0.231 e. The molecule has 0 bridgehead atoms. The van der Waals surface area contributed by atoms with Gasteiger partial charge in [-0.25, -0.2) is 0 Å². The summed E-state index contributed by atoms with van der Waals surface area (Å²) in [7, 11) is 0. The summed E-state index contributed by atoms with van der Waals surface area (Å²) in [5.41, 5.74) is 5.43. The molecule has 1 fully saturated rings. The molecule has 1 aromatic heterocycles. The summed E-state index contributed by atoms with van der Waals surface area (Å²) in [6, 6.07) is 4.15. The molecule has 5 heteroatoms. The highest BCUT2D eigenvalue weighted by atomic mass is 35.5. The largest absolute Gasteiger partial charge is 0.351 e. The summed E-state index contributed by atoms with van der Waals surface area (Å²) in [6.07, 6.45) is 6.25. The van der Waals surface area contributed by atoms with Crippen LogP contribution in [0.15, 0.2) is 17.5 Å². The van der Waals surface area contributed by atoms with Crippen LogP contribution in [0.5, 0.6) is 0 Å². The molecule has 0 spiro atoms. The quantitative estimate of drug-likeness (QED) is 0.868. The van der Waals surface area contributed by atoms with Gasteiger partial charge in [0.15, 0.2) is 0 Å². The van der Waals surface area contributed by atoms with E-state index in [9.17, 15) is 4.79 Å². The summed E-state index contributed by atoms with van der Waals surface area (Å²) in [4.78, 5) is 13.7. The fraction of sp³-hybridized carbons (Fsp3) is 0.688. The van der Waals surface area contributed by atoms with Gasteiger partial charge in [-0.05, 0) is 44.1 Å². The van der Waals surface area contributed by atoms with Crippen LogP contribution in [0.25, 0.3) is 0 Å². The number of carbonyl (C=O) groups excluding carboxylic acids is 1. The lowest BCUT2D eigenvalue weighted by atomic mass is 9.82. The highest BCUT2D eigenvalue weighted by Crippen LogP contribution is 2.30. The first-order chi connectivity index (χ1) is 9.55. The zero-order valence-corrected chi connectivity index (χ0v) is 14.6. The van der Waals surface area contributed by atoms with Crippen LogP contribution in [0.3, 0.4) is 0 Å². The van der Waals surface area contributed by atoms with E-state index in [0.717, 1.165) is 4.88 Å². The first-order valence-electron chi connectivity index (χ1n) is 7.60. The standard InChI is InChI=1S/C16H26N2OS.ClH/c1-16(2,14-9-6-10-20-14)15(19)18-13(11-17)12-7-4-3-5-8-12;/h6,9-10,12-13H,3-5,7-8,11,17H2,1-2H3,(H,18,19);1H. The minimum Gasteiger partial charge on any atom is -0.351 e. The van der Waals surface area contributed by atoms with E-state index >= 15 is 0 Å². The Bertz CT molecular complexity index is 427. The Morgan fingerprint density at radius 2 is 2.10 bits per heavy atom. The van der Waals surface area contributed by atoms with Gasteiger partial charge in [0.05, 0.1) is 5.41 Å². The number of nitrogens with two attached hydrogens (primary N) is 1. The Labute approximate surface area is 138 Å². The van der Waals surface area contributed by atoms with Gasteiger partial charge in [-0.1, -0.05) is 25.3 Å². The zero-order valence-electron chi connectivity index (χ0n) is 12.9. The van der Waals surface area contributed by atoms with E-state index in [1.54, 1.807) is 11.3 Å². The molecule has 1 unspecified atom stereocenters. The number of amides is 1. The Balaban J connectivity index is 0.00000220. The van der Waals surface area contributed by atoms with Gasteiger partial charge in [-0.15, -0.1) is 23.7 Å². The molecule has 1 atom stereocenters. The van der Waals surface area contributed by atoms with E-state index < -0.39 is 5.41 Å². The molecular formula is C16H27ClN2OS. The molecule has 1 aromatic rings. The molecular weight excluding hydrogens is 304 g/mol. The van der Waals surface area contributed by atoms with Gasteiger partial charge in [-0.2, -0.15) is 0 Å². The average molecular weight is 331 g/mol. The molecule has 0 aromatic carbocycles. The van der Waals surface area contributed by atoms with Crippen LogP contribution in [0.4, 0.5) is 0 Å². The van der Waals surface area contributed by atoms with Gasteiger partial charge in [0.1, 0.15) is 0 Å². The molecule has 0 radical (unpaired) electrons. The highest BCUT2D eigenvalue weighted by Gasteiger charge is 2.33. The van der Waals surface area contributed by atoms with Gasteiger partial charge in [0, 0.05) is 17.5 Å². The summed E-state index contributed by atoms with van der Waals surface area (Å²) in [5, 5.41) is 5.23. The highest BCUT2D eigenvalue weighted by molar-refractivity contribution is 7.10. The molecule has 0 saturated heterocycles. The second kappa shape index (κ2) is 8.16. The number of rotatable bonds is 5. The zero-order chi connectivity index (χ0) is 14.6. The minimum atomic E-state index is -0.476. The van der Waals surface area contributed by atoms with Crippen molar-refractivity contribution in [1.29, 1.82) is 0 Å². The predicted molar refractivity (Wildman–Crippen MR) is 92.2 cm³/mol. The lowest BCUT2D eigenvalue weighted by molar-refractivity contribution is -0.126. The molecule has 1 saturated carbocycles. The molecule has 21 heavy (non-hydrogen) atoms. The number of nitrogens with one attached hydrogen (secondary N) is 1. The summed E-state index contributed by atoms with van der Waals surface area (Å²) in [6.45, 7) is 4.52. The van der Waals surface area contributed by atoms with Crippen molar-refractivity contribution in [1.82, 2.24) is 5.32 Å². The van der Waals surface area contributed by atoms with Gasteiger partial charge in [0.25, 0.3) is 0 Å². The maximum atomic E-state index is 12.6. The minimum absolute atomic E-state index is 0. The lowest BCUT2D eigenvalue weighted by Gasteiger charge is -2.33. The van der Waals surface area contributed by atoms with E-state index in [-0.39, 0.29) is 24.4 Å². The molecule has 2 rings (SSSR count). The van der Waals surface area contributed by atoms with Crippen molar-refractivity contribution >= 4 is 29.7 Å². The van der Waals surface area contributed by atoms with Crippen LogP contribution in [0.2, 0.25) is 0 Å². The van der Waals surface area contributed by atoms with E-state index in [4.69, 9.17) is 5.73 Å². The Hall–Kier alpha value is -0.580. The third-order valence-corrected chi connectivity index (χ3v) is 5.69. The number of thiophene rings is 1. The first kappa shape index (κ1) is 18.5. The molecule has 120 valence electrons. The Morgan fingerprint density at radius 1 is 1.43 bits per heavy atom. The van der Waals surface area contributed by atoms with Gasteiger partial charge in [-0.3, -0.25) is 4.79 Å². The second-order valence-corrected chi connectivity index (χ2v) is 7.26. The van der Waals surface area contributed by atoms with Crippen molar-refractivity contribution in [3.05, 3.63) is 22.4 Å². The van der Waals surface area contributed by atoms with Gasteiger partial charge < -0.3 is 11.1 Å². The second-order valence-electron chi connectivity index (χ2n) is 6.32. The van der Waals surface area contributed by atoms with E-state index in [0.29, 0.717) is 12.5 Å². The van der Waals surface area contributed by atoms with Crippen LogP contribution in [0.1, 0.15) is 50.8 Å². The summed E-state index contributed by atoms with van der Waals surface area (Å²) in [5.74, 6) is 0.651. The average Bonchev–Trinajstić information content (AvgIpc) is 3.00. The van der Waals surface area contributed by atoms with E-state index in [1.807, 2.05) is 31.4 Å². The summed E-state index contributed by atoms with van der Waals surface area (Å²) >= 11 is 1.64. The van der Waals surface area contributed by atoms with Crippen molar-refractivity contribution in [2.24, 2.45) is 11.7 Å².